The van der Waals surface area contributed by atoms with Crippen molar-refractivity contribution < 1.29 is 27.2 Å². The van der Waals surface area contributed by atoms with Crippen LogP contribution in [-0.2, 0) is 16.1 Å². The van der Waals surface area contributed by atoms with Crippen LogP contribution in [0.25, 0.3) is 0 Å². The molecule has 5 rings (SSSR count). The SMILES string of the molecule is O=C(N1CCC1)N1CC(F)(c2ccc(C3=NOC(c4cc(Cl)cc(Cl)c4)(C(F)(F)F)C3)cc2)C1. The van der Waals surface area contributed by atoms with Gasteiger partial charge in [0.05, 0.1) is 18.8 Å². The van der Waals surface area contributed by atoms with E-state index in [-0.39, 0.29) is 40.4 Å². The van der Waals surface area contributed by atoms with Crippen molar-refractivity contribution in [3.8, 4) is 0 Å². The summed E-state index contributed by atoms with van der Waals surface area (Å²) in [7, 11) is 0. The Morgan fingerprint density at radius 3 is 2.12 bits per heavy atom. The first-order chi connectivity index (χ1) is 16.0. The highest BCUT2D eigenvalue weighted by molar-refractivity contribution is 6.34. The molecule has 0 bridgehead atoms. The van der Waals surface area contributed by atoms with Crippen LogP contribution in [-0.4, -0.2) is 53.9 Å². The van der Waals surface area contributed by atoms with Crippen LogP contribution in [0.1, 0.15) is 29.5 Å². The van der Waals surface area contributed by atoms with E-state index in [1.54, 1.807) is 4.90 Å². The Bertz CT molecular complexity index is 1140. The van der Waals surface area contributed by atoms with Crippen LogP contribution in [0.4, 0.5) is 22.4 Å². The lowest BCUT2D eigenvalue weighted by Gasteiger charge is -2.47. The molecule has 1 unspecified atom stereocenters. The maximum Gasteiger partial charge on any atom is 0.435 e. The summed E-state index contributed by atoms with van der Waals surface area (Å²) in [5, 5.41) is 3.81. The molecule has 2 fully saturated rings. The predicted octanol–water partition coefficient (Wildman–Crippen LogP) is 5.88. The molecule has 0 radical (unpaired) electrons. The predicted molar refractivity (Wildman–Crippen MR) is 119 cm³/mol. The standard InChI is InChI=1S/C23H19Cl2F4N3O2/c24-17-8-16(9-18(25)10-17)22(23(27,28)29)11-19(30-34-22)14-2-4-15(5-3-14)21(26)12-32(13-21)20(33)31-6-1-7-31/h2-5,8-10H,1,6-7,11-13H2. The van der Waals surface area contributed by atoms with E-state index in [1.165, 1.54) is 35.2 Å². The van der Waals surface area contributed by atoms with Crippen LogP contribution in [0.3, 0.4) is 0 Å². The second-order valence-electron chi connectivity index (χ2n) is 8.81. The van der Waals surface area contributed by atoms with E-state index in [4.69, 9.17) is 28.0 Å². The van der Waals surface area contributed by atoms with Gasteiger partial charge in [0.15, 0.2) is 5.67 Å². The van der Waals surface area contributed by atoms with Crippen molar-refractivity contribution in [2.45, 2.75) is 30.3 Å². The molecule has 2 saturated heterocycles. The molecule has 34 heavy (non-hydrogen) atoms. The van der Waals surface area contributed by atoms with Gasteiger partial charge >= 0.3 is 12.2 Å². The van der Waals surface area contributed by atoms with Crippen molar-refractivity contribution in [3.05, 3.63) is 69.2 Å². The van der Waals surface area contributed by atoms with Gasteiger partial charge in [-0.15, -0.1) is 0 Å². The summed E-state index contributed by atoms with van der Waals surface area (Å²) in [6.07, 6.45) is -4.44. The molecular weight excluding hydrogens is 497 g/mol. The molecule has 0 spiro atoms. The molecule has 2 amide bonds. The average Bonchev–Trinajstić information content (AvgIpc) is 3.16. The average molecular weight is 516 g/mol. The van der Waals surface area contributed by atoms with Crippen molar-refractivity contribution in [1.82, 2.24) is 9.80 Å². The molecule has 3 heterocycles. The Hall–Kier alpha value is -2.52. The summed E-state index contributed by atoms with van der Waals surface area (Å²) in [5.74, 6) is 0. The minimum absolute atomic E-state index is 0.0444. The highest BCUT2D eigenvalue weighted by Gasteiger charge is 2.62. The van der Waals surface area contributed by atoms with E-state index < -0.39 is 23.9 Å². The number of carbonyl (C=O) groups excluding carboxylic acids is 1. The van der Waals surface area contributed by atoms with Gasteiger partial charge in [0.2, 0.25) is 0 Å². The number of carbonyl (C=O) groups is 1. The van der Waals surface area contributed by atoms with Gasteiger partial charge in [0, 0.05) is 35.1 Å². The molecular formula is C23H19Cl2F4N3O2. The van der Waals surface area contributed by atoms with Gasteiger partial charge in [-0.3, -0.25) is 0 Å². The number of nitrogens with zero attached hydrogens (tertiary/aromatic N) is 3. The fourth-order valence-electron chi connectivity index (χ4n) is 4.39. The number of amides is 2. The zero-order valence-electron chi connectivity index (χ0n) is 17.7. The number of halogens is 6. The van der Waals surface area contributed by atoms with Crippen LogP contribution in [0.15, 0.2) is 47.6 Å². The van der Waals surface area contributed by atoms with Crippen LogP contribution in [0.5, 0.6) is 0 Å². The van der Waals surface area contributed by atoms with Gasteiger partial charge in [-0.2, -0.15) is 13.2 Å². The Labute approximate surface area is 202 Å². The third-order valence-corrected chi connectivity index (χ3v) is 6.97. The lowest BCUT2D eigenvalue weighted by Crippen LogP contribution is -2.63. The van der Waals surface area contributed by atoms with Crippen molar-refractivity contribution in [3.63, 3.8) is 0 Å². The molecule has 0 N–H and O–H groups in total. The number of benzene rings is 2. The number of likely N-dealkylation sites (tertiary alicyclic amines) is 2. The van der Waals surface area contributed by atoms with Gasteiger partial charge in [0.1, 0.15) is 0 Å². The molecule has 3 aliphatic heterocycles. The highest BCUT2D eigenvalue weighted by atomic mass is 35.5. The fraction of sp³-hybridized carbons (Fsp3) is 0.391. The van der Waals surface area contributed by atoms with Gasteiger partial charge in [-0.25, -0.2) is 9.18 Å². The van der Waals surface area contributed by atoms with Gasteiger partial charge in [-0.1, -0.05) is 52.6 Å². The topological polar surface area (TPSA) is 45.1 Å². The van der Waals surface area contributed by atoms with Gasteiger partial charge in [0.25, 0.3) is 5.60 Å². The Balaban J connectivity index is 1.33. The third kappa shape index (κ3) is 3.79. The van der Waals surface area contributed by atoms with Gasteiger partial charge < -0.3 is 14.6 Å². The fourth-order valence-corrected chi connectivity index (χ4v) is 4.92. The second kappa shape index (κ2) is 8.02. The number of hydrogen-bond acceptors (Lipinski definition) is 3. The van der Waals surface area contributed by atoms with Gasteiger partial charge in [-0.05, 0) is 35.7 Å². The number of alkyl halides is 4. The Kier molecular flexibility index (Phi) is 5.48. The third-order valence-electron chi connectivity index (χ3n) is 6.53. The van der Waals surface area contributed by atoms with Crippen LogP contribution in [0.2, 0.25) is 10.0 Å². The van der Waals surface area contributed by atoms with E-state index in [0.717, 1.165) is 18.6 Å². The first-order valence-electron chi connectivity index (χ1n) is 10.6. The van der Waals surface area contributed by atoms with Crippen molar-refractivity contribution in [1.29, 1.82) is 0 Å². The molecule has 2 aromatic rings. The summed E-state index contributed by atoms with van der Waals surface area (Å²) < 4.78 is 57.7. The molecule has 1 atom stereocenters. The van der Waals surface area contributed by atoms with Crippen molar-refractivity contribution in [2.75, 3.05) is 26.2 Å². The van der Waals surface area contributed by atoms with Crippen LogP contribution < -0.4 is 0 Å². The summed E-state index contributed by atoms with van der Waals surface area (Å²) in [4.78, 5) is 20.3. The summed E-state index contributed by atoms with van der Waals surface area (Å²) in [5.41, 5.74) is -3.89. The quantitative estimate of drug-likeness (QED) is 0.479. The zero-order chi connectivity index (χ0) is 24.3. The minimum Gasteiger partial charge on any atom is -0.374 e. The first kappa shape index (κ1) is 23.2. The molecule has 0 aromatic heterocycles. The van der Waals surface area contributed by atoms with E-state index in [1.807, 2.05) is 0 Å². The molecule has 0 saturated carbocycles. The Morgan fingerprint density at radius 2 is 1.59 bits per heavy atom. The Morgan fingerprint density at radius 1 is 0.971 bits per heavy atom. The normalized spacial score (nSPS) is 23.6. The lowest BCUT2D eigenvalue weighted by molar-refractivity contribution is -0.275. The first-order valence-corrected chi connectivity index (χ1v) is 11.4. The maximum atomic E-state index is 15.3. The van der Waals surface area contributed by atoms with Crippen molar-refractivity contribution in [2.24, 2.45) is 5.16 Å². The number of urea groups is 1. The largest absolute Gasteiger partial charge is 0.435 e. The van der Waals surface area contributed by atoms with E-state index in [0.29, 0.717) is 24.2 Å². The number of oxime groups is 1. The van der Waals surface area contributed by atoms with Crippen molar-refractivity contribution >= 4 is 34.9 Å². The minimum atomic E-state index is -4.80. The molecule has 180 valence electrons. The number of hydrogen-bond donors (Lipinski definition) is 0. The number of rotatable bonds is 3. The van der Waals surface area contributed by atoms with Crippen LogP contribution >= 0.6 is 23.2 Å². The zero-order valence-corrected chi connectivity index (χ0v) is 19.2. The van der Waals surface area contributed by atoms with Crippen LogP contribution in [0, 0.1) is 0 Å². The summed E-state index contributed by atoms with van der Waals surface area (Å²) in [6, 6.07) is 9.50. The molecule has 2 aromatic carbocycles. The molecule has 0 aliphatic carbocycles. The van der Waals surface area contributed by atoms with E-state index in [2.05, 4.69) is 5.16 Å². The van der Waals surface area contributed by atoms with E-state index >= 15 is 4.39 Å². The second-order valence-corrected chi connectivity index (χ2v) is 9.68. The lowest BCUT2D eigenvalue weighted by atomic mass is 9.85. The molecule has 11 heteroatoms. The maximum absolute atomic E-state index is 15.3. The summed E-state index contributed by atoms with van der Waals surface area (Å²) >= 11 is 11.8. The summed E-state index contributed by atoms with van der Waals surface area (Å²) in [6.45, 7) is 1.26. The molecule has 5 nitrogen and oxygen atoms in total. The molecule has 3 aliphatic rings. The highest BCUT2D eigenvalue weighted by Crippen LogP contribution is 2.50. The van der Waals surface area contributed by atoms with E-state index in [9.17, 15) is 18.0 Å². The smallest absolute Gasteiger partial charge is 0.374 e. The monoisotopic (exact) mass is 515 g/mol.